The van der Waals surface area contributed by atoms with Crippen LogP contribution in [-0.4, -0.2) is 45.5 Å². The Labute approximate surface area is 149 Å². The number of imidazole rings is 1. The summed E-state index contributed by atoms with van der Waals surface area (Å²) in [6.45, 7) is 9.00. The lowest BCUT2D eigenvalue weighted by molar-refractivity contribution is 0.152. The molecule has 0 amide bonds. The van der Waals surface area contributed by atoms with Crippen molar-refractivity contribution in [1.29, 1.82) is 0 Å². The molecule has 0 radical (unpaired) electrons. The zero-order chi connectivity index (χ0) is 17.1. The van der Waals surface area contributed by atoms with Crippen molar-refractivity contribution >= 4 is 22.6 Å². The van der Waals surface area contributed by atoms with Gasteiger partial charge in [-0.3, -0.25) is 4.90 Å². The van der Waals surface area contributed by atoms with E-state index in [4.69, 9.17) is 16.6 Å². The smallest absolute Gasteiger partial charge is 0.123 e. The summed E-state index contributed by atoms with van der Waals surface area (Å²) in [5.74, 6) is 1.13. The van der Waals surface area contributed by atoms with Gasteiger partial charge in [0.15, 0.2) is 0 Å². The van der Waals surface area contributed by atoms with Gasteiger partial charge in [-0.25, -0.2) is 4.98 Å². The predicted octanol–water partition coefficient (Wildman–Crippen LogP) is 3.74. The molecule has 4 nitrogen and oxygen atoms in total. The number of aryl methyl sites for hydroxylation is 1. The van der Waals surface area contributed by atoms with E-state index < -0.39 is 0 Å². The van der Waals surface area contributed by atoms with Crippen LogP contribution in [0.25, 0.3) is 11.0 Å². The molecule has 1 aliphatic heterocycles. The minimum atomic E-state index is 0.824. The third-order valence-electron chi connectivity index (χ3n) is 4.62. The van der Waals surface area contributed by atoms with E-state index in [2.05, 4.69) is 52.6 Å². The predicted molar refractivity (Wildman–Crippen MR) is 101 cm³/mol. The molecule has 2 aromatic rings. The van der Waals surface area contributed by atoms with E-state index in [0.29, 0.717) is 0 Å². The zero-order valence-corrected chi connectivity index (χ0v) is 15.4. The standard InChI is InChI=1S/C19H25ClN4/c1-4-16(13-15(2)20)24-11-9-23(10-12-24)14-19-21-17-7-5-6-8-18(17)22(19)3/h4-8,13H,9-12,14H2,1-3H3/b15-13+,16-4+. The molecular weight excluding hydrogens is 320 g/mol. The number of allylic oxidation sites excluding steroid dienone is 3. The van der Waals surface area contributed by atoms with Crippen LogP contribution in [0.5, 0.6) is 0 Å². The number of rotatable bonds is 4. The van der Waals surface area contributed by atoms with Crippen LogP contribution in [0.1, 0.15) is 19.7 Å². The van der Waals surface area contributed by atoms with Crippen LogP contribution in [-0.2, 0) is 13.6 Å². The second-order valence-corrected chi connectivity index (χ2v) is 6.88. The average Bonchev–Trinajstić information content (AvgIpc) is 2.90. The number of halogens is 1. The molecule has 0 spiro atoms. The van der Waals surface area contributed by atoms with Gasteiger partial charge in [-0.2, -0.15) is 0 Å². The van der Waals surface area contributed by atoms with E-state index in [9.17, 15) is 0 Å². The molecule has 24 heavy (non-hydrogen) atoms. The first-order valence-electron chi connectivity index (χ1n) is 8.46. The number of piperazine rings is 1. The molecule has 5 heteroatoms. The lowest BCUT2D eigenvalue weighted by Gasteiger charge is -2.36. The second-order valence-electron chi connectivity index (χ2n) is 6.28. The number of benzene rings is 1. The van der Waals surface area contributed by atoms with Crippen molar-refractivity contribution in [3.63, 3.8) is 0 Å². The molecule has 3 rings (SSSR count). The Morgan fingerprint density at radius 3 is 2.54 bits per heavy atom. The largest absolute Gasteiger partial charge is 0.369 e. The maximum atomic E-state index is 6.03. The summed E-state index contributed by atoms with van der Waals surface area (Å²) in [5, 5.41) is 0.824. The summed E-state index contributed by atoms with van der Waals surface area (Å²) in [4.78, 5) is 9.66. The quantitative estimate of drug-likeness (QED) is 0.790. The molecular formula is C19H25ClN4. The van der Waals surface area contributed by atoms with E-state index in [0.717, 1.165) is 49.1 Å². The molecule has 128 valence electrons. The SMILES string of the molecule is C/C=C(\C=C(/C)Cl)N1CCN(Cc2nc3ccccc3n2C)CC1. The topological polar surface area (TPSA) is 24.3 Å². The first-order valence-corrected chi connectivity index (χ1v) is 8.84. The number of fused-ring (bicyclic) bond motifs is 1. The fraction of sp³-hybridized carbons (Fsp3) is 0.421. The van der Waals surface area contributed by atoms with Gasteiger partial charge in [-0.15, -0.1) is 0 Å². The van der Waals surface area contributed by atoms with Gasteiger partial charge in [-0.1, -0.05) is 29.8 Å². The van der Waals surface area contributed by atoms with Crippen molar-refractivity contribution in [3.8, 4) is 0 Å². The molecule has 0 N–H and O–H groups in total. The molecule has 0 atom stereocenters. The van der Waals surface area contributed by atoms with E-state index in [1.165, 1.54) is 11.2 Å². The van der Waals surface area contributed by atoms with Crippen molar-refractivity contribution in [2.45, 2.75) is 20.4 Å². The number of hydrogen-bond donors (Lipinski definition) is 0. The maximum Gasteiger partial charge on any atom is 0.123 e. The Morgan fingerprint density at radius 2 is 1.92 bits per heavy atom. The van der Waals surface area contributed by atoms with Crippen molar-refractivity contribution in [2.75, 3.05) is 26.2 Å². The number of hydrogen-bond acceptors (Lipinski definition) is 3. The first-order chi connectivity index (χ1) is 11.6. The summed E-state index contributed by atoms with van der Waals surface area (Å²) >= 11 is 6.03. The van der Waals surface area contributed by atoms with Gasteiger partial charge in [0.25, 0.3) is 0 Å². The van der Waals surface area contributed by atoms with Crippen LogP contribution in [0.15, 0.2) is 47.1 Å². The molecule has 0 unspecified atom stereocenters. The Morgan fingerprint density at radius 1 is 1.21 bits per heavy atom. The lowest BCUT2D eigenvalue weighted by atomic mass is 10.2. The number of nitrogens with zero attached hydrogens (tertiary/aromatic N) is 4. The molecule has 1 aromatic heterocycles. The molecule has 0 saturated carbocycles. The lowest BCUT2D eigenvalue weighted by Crippen LogP contribution is -2.45. The van der Waals surface area contributed by atoms with E-state index >= 15 is 0 Å². The highest BCUT2D eigenvalue weighted by atomic mass is 35.5. The van der Waals surface area contributed by atoms with Crippen LogP contribution in [0.4, 0.5) is 0 Å². The summed E-state index contributed by atoms with van der Waals surface area (Å²) in [7, 11) is 2.10. The van der Waals surface area contributed by atoms with Crippen LogP contribution in [0.3, 0.4) is 0 Å². The first kappa shape index (κ1) is 17.1. The summed E-state index contributed by atoms with van der Waals surface area (Å²) < 4.78 is 2.21. The van der Waals surface area contributed by atoms with Gasteiger partial charge in [0.05, 0.1) is 17.6 Å². The third kappa shape index (κ3) is 3.65. The van der Waals surface area contributed by atoms with Crippen LogP contribution >= 0.6 is 11.6 Å². The molecule has 2 heterocycles. The van der Waals surface area contributed by atoms with Crippen LogP contribution in [0.2, 0.25) is 0 Å². The Kier molecular flexibility index (Phi) is 5.27. The Hall–Kier alpha value is -1.78. The molecule has 1 fully saturated rings. The highest BCUT2D eigenvalue weighted by Crippen LogP contribution is 2.18. The van der Waals surface area contributed by atoms with Gasteiger partial charge in [-0.05, 0) is 32.1 Å². The molecule has 0 bridgehead atoms. The highest BCUT2D eigenvalue weighted by molar-refractivity contribution is 6.29. The normalized spacial score (nSPS) is 17.8. The van der Waals surface area contributed by atoms with Gasteiger partial charge in [0.2, 0.25) is 0 Å². The van der Waals surface area contributed by atoms with Gasteiger partial charge in [0.1, 0.15) is 5.82 Å². The van der Waals surface area contributed by atoms with Crippen molar-refractivity contribution in [2.24, 2.45) is 7.05 Å². The van der Waals surface area contributed by atoms with Crippen molar-refractivity contribution in [3.05, 3.63) is 53.0 Å². The van der Waals surface area contributed by atoms with E-state index in [1.54, 1.807) is 0 Å². The molecule has 1 saturated heterocycles. The highest BCUT2D eigenvalue weighted by Gasteiger charge is 2.19. The summed E-state index contributed by atoms with van der Waals surface area (Å²) in [6.07, 6.45) is 4.18. The molecule has 0 aliphatic carbocycles. The van der Waals surface area contributed by atoms with E-state index in [1.807, 2.05) is 19.1 Å². The molecule has 1 aromatic carbocycles. The van der Waals surface area contributed by atoms with Gasteiger partial charge in [0, 0.05) is 44.0 Å². The van der Waals surface area contributed by atoms with Gasteiger partial charge < -0.3 is 9.47 Å². The number of aromatic nitrogens is 2. The third-order valence-corrected chi connectivity index (χ3v) is 4.73. The Bertz CT molecular complexity index is 763. The molecule has 1 aliphatic rings. The van der Waals surface area contributed by atoms with Gasteiger partial charge >= 0.3 is 0 Å². The minimum absolute atomic E-state index is 0.824. The van der Waals surface area contributed by atoms with Crippen LogP contribution in [0, 0.1) is 0 Å². The van der Waals surface area contributed by atoms with Crippen molar-refractivity contribution < 1.29 is 0 Å². The summed E-state index contributed by atoms with van der Waals surface area (Å²) in [5.41, 5.74) is 3.49. The maximum absolute atomic E-state index is 6.03. The second kappa shape index (κ2) is 7.41. The van der Waals surface area contributed by atoms with E-state index in [-0.39, 0.29) is 0 Å². The minimum Gasteiger partial charge on any atom is -0.369 e. The fourth-order valence-electron chi connectivity index (χ4n) is 3.26. The zero-order valence-electron chi connectivity index (χ0n) is 14.7. The van der Waals surface area contributed by atoms with Crippen molar-refractivity contribution in [1.82, 2.24) is 19.4 Å². The number of para-hydroxylation sites is 2. The summed E-state index contributed by atoms with van der Waals surface area (Å²) in [6, 6.07) is 8.32. The van der Waals surface area contributed by atoms with Crippen LogP contribution < -0.4 is 0 Å². The Balaban J connectivity index is 1.65. The fourth-order valence-corrected chi connectivity index (χ4v) is 3.37. The monoisotopic (exact) mass is 344 g/mol. The average molecular weight is 345 g/mol.